The number of likely N-dealkylation sites (tertiary alicyclic amines) is 1. The molecule has 0 radical (unpaired) electrons. The second kappa shape index (κ2) is 12.6. The van der Waals surface area contributed by atoms with E-state index in [0.29, 0.717) is 0 Å². The summed E-state index contributed by atoms with van der Waals surface area (Å²) < 4.78 is 5.18. The van der Waals surface area contributed by atoms with Gasteiger partial charge in [-0.15, -0.1) is 11.3 Å². The molecule has 1 aromatic heterocycles. The van der Waals surface area contributed by atoms with Crippen LogP contribution in [0.1, 0.15) is 38.4 Å². The molecule has 37 heavy (non-hydrogen) atoms. The van der Waals surface area contributed by atoms with Crippen molar-refractivity contribution in [1.29, 1.82) is 0 Å². The summed E-state index contributed by atoms with van der Waals surface area (Å²) in [5.41, 5.74) is 9.52. The van der Waals surface area contributed by atoms with Crippen LogP contribution in [0.2, 0.25) is 0 Å². The monoisotopic (exact) mass is 531 g/mol. The molecule has 2 aromatic rings. The molecule has 3 rings (SSSR count). The molecular weight excluding hydrogens is 494 g/mol. The van der Waals surface area contributed by atoms with Crippen molar-refractivity contribution in [2.75, 3.05) is 26.3 Å². The smallest absolute Gasteiger partial charge is 0.246 e. The van der Waals surface area contributed by atoms with Crippen LogP contribution < -0.4 is 16.4 Å². The van der Waals surface area contributed by atoms with Gasteiger partial charge in [0.1, 0.15) is 18.7 Å². The average Bonchev–Trinajstić information content (AvgIpc) is 3.46. The van der Waals surface area contributed by atoms with Gasteiger partial charge in [-0.3, -0.25) is 14.4 Å². The number of β-amino-alcohol motifs (C(OH)–C–C–N with tert-alkyl or cyclic N) is 1. The summed E-state index contributed by atoms with van der Waals surface area (Å²) in [7, 11) is 0. The summed E-state index contributed by atoms with van der Waals surface area (Å²) in [5, 5.41) is 15.9. The van der Waals surface area contributed by atoms with Crippen molar-refractivity contribution in [3.63, 3.8) is 0 Å². The van der Waals surface area contributed by atoms with Gasteiger partial charge in [-0.1, -0.05) is 45.0 Å². The molecule has 1 unspecified atom stereocenters. The number of rotatable bonds is 10. The predicted molar refractivity (Wildman–Crippen MR) is 142 cm³/mol. The van der Waals surface area contributed by atoms with E-state index in [0.717, 1.165) is 21.7 Å². The topological polar surface area (TPSA) is 147 Å². The normalized spacial score (nSPS) is 18.5. The fraction of sp³-hybridized carbons (Fsp3) is 0.538. The van der Waals surface area contributed by atoms with E-state index in [2.05, 4.69) is 15.6 Å². The van der Waals surface area contributed by atoms with Gasteiger partial charge in [0.15, 0.2) is 0 Å². The third kappa shape index (κ3) is 7.57. The van der Waals surface area contributed by atoms with Gasteiger partial charge < -0.3 is 31.1 Å². The SMILES string of the molecule is Cc1ncsc1-c1ccc(CNC(=O)[C@@H]2C[C@@H](O)CN2C(=O)C(NC(=O)COCCN)C(C)(C)C)cc1. The van der Waals surface area contributed by atoms with E-state index in [-0.39, 0.29) is 45.2 Å². The highest BCUT2D eigenvalue weighted by Gasteiger charge is 2.44. The quantitative estimate of drug-likeness (QED) is 0.337. The zero-order chi connectivity index (χ0) is 27.2. The number of nitrogens with zero attached hydrogens (tertiary/aromatic N) is 2. The largest absolute Gasteiger partial charge is 0.391 e. The highest BCUT2D eigenvalue weighted by atomic mass is 32.1. The van der Waals surface area contributed by atoms with Gasteiger partial charge >= 0.3 is 0 Å². The number of thiazole rings is 1. The van der Waals surface area contributed by atoms with Crippen LogP contribution in [-0.4, -0.2) is 77.2 Å². The number of hydrogen-bond acceptors (Lipinski definition) is 8. The van der Waals surface area contributed by atoms with Crippen molar-refractivity contribution < 1.29 is 24.2 Å². The van der Waals surface area contributed by atoms with Crippen LogP contribution in [0.3, 0.4) is 0 Å². The maximum absolute atomic E-state index is 13.5. The molecule has 3 amide bonds. The first-order chi connectivity index (χ1) is 17.5. The molecule has 3 atom stereocenters. The standard InChI is InChI=1S/C26H37N5O5S/c1-16-22(37-15-29-16)18-7-5-17(6-8-18)12-28-24(34)20-11-19(32)13-31(20)25(35)23(26(2,3)4)30-21(33)14-36-10-9-27/h5-8,15,19-20,23,32H,9-14,27H2,1-4H3,(H,28,34)(H,30,33)/t19-,20+,23?/m1/s1. The van der Waals surface area contributed by atoms with Crippen LogP contribution in [0.5, 0.6) is 0 Å². The number of amides is 3. The van der Waals surface area contributed by atoms with E-state index in [1.165, 1.54) is 4.90 Å². The van der Waals surface area contributed by atoms with Gasteiger partial charge in [0.05, 0.1) is 28.8 Å². The highest BCUT2D eigenvalue weighted by Crippen LogP contribution is 2.28. The van der Waals surface area contributed by atoms with Crippen molar-refractivity contribution >= 4 is 29.1 Å². The molecule has 11 heteroatoms. The molecule has 2 heterocycles. The van der Waals surface area contributed by atoms with Crippen molar-refractivity contribution in [1.82, 2.24) is 20.5 Å². The summed E-state index contributed by atoms with van der Waals surface area (Å²) in [6, 6.07) is 6.13. The number of carbonyl (C=O) groups excluding carboxylic acids is 3. The molecular formula is C26H37N5O5S. The number of aryl methyl sites for hydroxylation is 1. The van der Waals surface area contributed by atoms with Gasteiger partial charge in [0, 0.05) is 26.1 Å². The molecule has 5 N–H and O–H groups in total. The third-order valence-corrected chi connectivity index (χ3v) is 7.18. The Morgan fingerprint density at radius 3 is 2.57 bits per heavy atom. The first-order valence-corrected chi connectivity index (χ1v) is 13.2. The molecule has 0 aliphatic carbocycles. The summed E-state index contributed by atoms with van der Waals surface area (Å²) in [6.07, 6.45) is -0.697. The summed E-state index contributed by atoms with van der Waals surface area (Å²) in [6.45, 7) is 8.06. The van der Waals surface area contributed by atoms with E-state index < -0.39 is 35.4 Å². The van der Waals surface area contributed by atoms with Crippen molar-refractivity contribution in [3.05, 3.63) is 41.0 Å². The number of hydrogen-bond donors (Lipinski definition) is 4. The van der Waals surface area contributed by atoms with Gasteiger partial charge in [-0.2, -0.15) is 0 Å². The molecule has 202 valence electrons. The van der Waals surface area contributed by atoms with E-state index in [1.54, 1.807) is 11.3 Å². The average molecular weight is 532 g/mol. The van der Waals surface area contributed by atoms with Crippen molar-refractivity contribution in [3.8, 4) is 10.4 Å². The van der Waals surface area contributed by atoms with Crippen LogP contribution in [0.25, 0.3) is 10.4 Å². The zero-order valence-electron chi connectivity index (χ0n) is 21.8. The number of nitrogens with two attached hydrogens (primary N) is 1. The Labute approximate surface area is 221 Å². The van der Waals surface area contributed by atoms with Crippen LogP contribution in [0, 0.1) is 12.3 Å². The Balaban J connectivity index is 1.65. The molecule has 0 saturated carbocycles. The molecule has 1 aromatic carbocycles. The maximum atomic E-state index is 13.5. The Kier molecular flexibility index (Phi) is 9.77. The summed E-state index contributed by atoms with van der Waals surface area (Å²) in [4.78, 5) is 45.8. The summed E-state index contributed by atoms with van der Waals surface area (Å²) in [5.74, 6) is -1.21. The van der Waals surface area contributed by atoms with Crippen molar-refractivity contribution in [2.24, 2.45) is 11.1 Å². The minimum atomic E-state index is -0.898. The number of benzene rings is 1. The van der Waals surface area contributed by atoms with E-state index in [9.17, 15) is 19.5 Å². The second-order valence-corrected chi connectivity index (χ2v) is 11.1. The molecule has 0 bridgehead atoms. The molecule has 10 nitrogen and oxygen atoms in total. The number of aromatic nitrogens is 1. The number of nitrogens with one attached hydrogen (secondary N) is 2. The third-order valence-electron chi connectivity index (χ3n) is 6.21. The highest BCUT2D eigenvalue weighted by molar-refractivity contribution is 7.13. The van der Waals surface area contributed by atoms with E-state index >= 15 is 0 Å². The first-order valence-electron chi connectivity index (χ1n) is 12.3. The molecule has 1 saturated heterocycles. The lowest BCUT2D eigenvalue weighted by Gasteiger charge is -2.35. The van der Waals surface area contributed by atoms with Crippen LogP contribution >= 0.6 is 11.3 Å². The van der Waals surface area contributed by atoms with Gasteiger partial charge in [-0.05, 0) is 23.5 Å². The lowest BCUT2D eigenvalue weighted by molar-refractivity contribution is -0.144. The lowest BCUT2D eigenvalue weighted by atomic mass is 9.85. The number of carbonyl (C=O) groups is 3. The molecule has 0 spiro atoms. The zero-order valence-corrected chi connectivity index (χ0v) is 22.6. The molecule has 1 aliphatic heterocycles. The predicted octanol–water partition coefficient (Wildman–Crippen LogP) is 1.20. The number of aliphatic hydroxyl groups excluding tert-OH is 1. The van der Waals surface area contributed by atoms with E-state index in [4.69, 9.17) is 10.5 Å². The minimum Gasteiger partial charge on any atom is -0.391 e. The number of aliphatic hydroxyl groups is 1. The Morgan fingerprint density at radius 2 is 1.97 bits per heavy atom. The van der Waals surface area contributed by atoms with E-state index in [1.807, 2.05) is 57.5 Å². The Hall–Kier alpha value is -2.86. The fourth-order valence-electron chi connectivity index (χ4n) is 4.23. The van der Waals surface area contributed by atoms with Crippen LogP contribution in [0.15, 0.2) is 29.8 Å². The van der Waals surface area contributed by atoms with Crippen LogP contribution in [-0.2, 0) is 25.7 Å². The summed E-state index contributed by atoms with van der Waals surface area (Å²) >= 11 is 1.58. The fourth-order valence-corrected chi connectivity index (χ4v) is 5.04. The molecule has 1 fully saturated rings. The van der Waals surface area contributed by atoms with Gasteiger partial charge in [0.2, 0.25) is 17.7 Å². The first kappa shape index (κ1) is 28.7. The second-order valence-electron chi connectivity index (χ2n) is 10.3. The Morgan fingerprint density at radius 1 is 1.27 bits per heavy atom. The lowest BCUT2D eigenvalue weighted by Crippen LogP contribution is -2.58. The van der Waals surface area contributed by atoms with Crippen LogP contribution in [0.4, 0.5) is 0 Å². The van der Waals surface area contributed by atoms with Gasteiger partial charge in [-0.25, -0.2) is 4.98 Å². The number of ether oxygens (including phenoxy) is 1. The maximum Gasteiger partial charge on any atom is 0.246 e. The van der Waals surface area contributed by atoms with Gasteiger partial charge in [0.25, 0.3) is 0 Å². The van der Waals surface area contributed by atoms with Crippen molar-refractivity contribution in [2.45, 2.75) is 58.8 Å². The molecule has 1 aliphatic rings. The Bertz CT molecular complexity index is 1080. The minimum absolute atomic E-state index is 0.0198.